The SMILES string of the molecule is CC1(C)C(=O)CC[C@]2(C)C3=CC(=O)CC[C@]3(C#Cc3nccs3)CC[C@@H]12. The number of hydrogen-bond acceptors (Lipinski definition) is 4. The molecule has 3 aliphatic rings. The van der Waals surface area contributed by atoms with Gasteiger partial charge in [0.1, 0.15) is 5.78 Å². The molecule has 1 aromatic rings. The van der Waals surface area contributed by atoms with Crippen LogP contribution < -0.4 is 0 Å². The second kappa shape index (κ2) is 5.89. The van der Waals surface area contributed by atoms with Crippen LogP contribution in [0.25, 0.3) is 0 Å². The highest BCUT2D eigenvalue weighted by molar-refractivity contribution is 7.10. The largest absolute Gasteiger partial charge is 0.299 e. The van der Waals surface area contributed by atoms with E-state index in [1.54, 1.807) is 17.5 Å². The summed E-state index contributed by atoms with van der Waals surface area (Å²) < 4.78 is 0. The Morgan fingerprint density at radius 3 is 2.69 bits per heavy atom. The number of ketones is 2. The Morgan fingerprint density at radius 1 is 1.15 bits per heavy atom. The molecule has 0 radical (unpaired) electrons. The average molecular weight is 368 g/mol. The molecule has 136 valence electrons. The predicted octanol–water partition coefficient (Wildman–Crippen LogP) is 4.58. The lowest BCUT2D eigenvalue weighted by molar-refractivity contribution is -0.141. The lowest BCUT2D eigenvalue weighted by Crippen LogP contribution is -2.54. The Kier molecular flexibility index (Phi) is 4.00. The number of nitrogens with zero attached hydrogens (tertiary/aromatic N) is 1. The van der Waals surface area contributed by atoms with Crippen LogP contribution in [0.4, 0.5) is 0 Å². The van der Waals surface area contributed by atoms with Crippen molar-refractivity contribution >= 4 is 22.9 Å². The van der Waals surface area contributed by atoms with Crippen molar-refractivity contribution in [1.29, 1.82) is 0 Å². The second-order valence-electron chi connectivity index (χ2n) is 8.85. The molecule has 0 spiro atoms. The van der Waals surface area contributed by atoms with Crippen molar-refractivity contribution in [3.05, 3.63) is 28.2 Å². The van der Waals surface area contributed by atoms with Crippen molar-refractivity contribution in [1.82, 2.24) is 4.98 Å². The first-order chi connectivity index (χ1) is 12.3. The monoisotopic (exact) mass is 367 g/mol. The fraction of sp³-hybridized carbons (Fsp3) is 0.591. The van der Waals surface area contributed by atoms with E-state index in [9.17, 15) is 9.59 Å². The molecule has 1 aromatic heterocycles. The van der Waals surface area contributed by atoms with Crippen LogP contribution in [0.5, 0.6) is 0 Å². The quantitative estimate of drug-likeness (QED) is 0.631. The molecule has 1 heterocycles. The zero-order valence-electron chi connectivity index (χ0n) is 15.7. The van der Waals surface area contributed by atoms with E-state index in [-0.39, 0.29) is 27.9 Å². The molecule has 2 saturated carbocycles. The zero-order valence-corrected chi connectivity index (χ0v) is 16.5. The lowest BCUT2D eigenvalue weighted by Gasteiger charge is -2.59. The summed E-state index contributed by atoms with van der Waals surface area (Å²) in [7, 11) is 0. The molecular formula is C22H25NO2S. The van der Waals surface area contributed by atoms with Gasteiger partial charge >= 0.3 is 0 Å². The van der Waals surface area contributed by atoms with Gasteiger partial charge in [-0.25, -0.2) is 4.98 Å². The van der Waals surface area contributed by atoms with E-state index in [1.807, 2.05) is 11.5 Å². The third-order valence-corrected chi connectivity index (χ3v) is 7.85. The van der Waals surface area contributed by atoms with Crippen LogP contribution in [0.2, 0.25) is 0 Å². The third kappa shape index (κ3) is 2.52. The Labute approximate surface area is 159 Å². The van der Waals surface area contributed by atoms with Crippen LogP contribution in [0.15, 0.2) is 23.2 Å². The third-order valence-electron chi connectivity index (χ3n) is 7.17. The van der Waals surface area contributed by atoms with E-state index < -0.39 is 0 Å². The Bertz CT molecular complexity index is 854. The van der Waals surface area contributed by atoms with Gasteiger partial charge in [0.15, 0.2) is 10.8 Å². The van der Waals surface area contributed by atoms with Crippen molar-refractivity contribution in [3.63, 3.8) is 0 Å². The fourth-order valence-electron chi connectivity index (χ4n) is 5.72. The first-order valence-electron chi connectivity index (χ1n) is 9.49. The van der Waals surface area contributed by atoms with Gasteiger partial charge in [0.2, 0.25) is 0 Å². The van der Waals surface area contributed by atoms with Gasteiger partial charge in [-0.3, -0.25) is 9.59 Å². The van der Waals surface area contributed by atoms with Gasteiger partial charge in [0.25, 0.3) is 0 Å². The molecule has 3 nitrogen and oxygen atoms in total. The number of rotatable bonds is 0. The summed E-state index contributed by atoms with van der Waals surface area (Å²) in [5.74, 6) is 7.69. The normalized spacial score (nSPS) is 35.7. The number of aromatic nitrogens is 1. The van der Waals surface area contributed by atoms with E-state index in [2.05, 4.69) is 37.6 Å². The van der Waals surface area contributed by atoms with Gasteiger partial charge in [-0.1, -0.05) is 26.7 Å². The lowest BCUT2D eigenvalue weighted by atomic mass is 9.44. The van der Waals surface area contributed by atoms with Crippen LogP contribution in [0.3, 0.4) is 0 Å². The van der Waals surface area contributed by atoms with Crippen LogP contribution in [-0.4, -0.2) is 16.6 Å². The fourth-order valence-corrected chi connectivity index (χ4v) is 6.20. The minimum atomic E-state index is -0.330. The van der Waals surface area contributed by atoms with Crippen molar-refractivity contribution in [2.45, 2.75) is 59.3 Å². The molecule has 4 rings (SSSR count). The average Bonchev–Trinajstić information content (AvgIpc) is 3.12. The molecule has 0 unspecified atom stereocenters. The molecule has 0 amide bonds. The second-order valence-corrected chi connectivity index (χ2v) is 9.74. The van der Waals surface area contributed by atoms with E-state index in [4.69, 9.17) is 0 Å². The number of hydrogen-bond donors (Lipinski definition) is 0. The predicted molar refractivity (Wildman–Crippen MR) is 103 cm³/mol. The van der Waals surface area contributed by atoms with Crippen molar-refractivity contribution in [3.8, 4) is 11.8 Å². The van der Waals surface area contributed by atoms with Crippen LogP contribution in [0.1, 0.15) is 64.3 Å². The molecule has 0 aromatic carbocycles. The molecule has 0 N–H and O–H groups in total. The summed E-state index contributed by atoms with van der Waals surface area (Å²) in [5, 5.41) is 2.78. The first kappa shape index (κ1) is 17.7. The van der Waals surface area contributed by atoms with Crippen LogP contribution in [-0.2, 0) is 9.59 Å². The molecule has 4 heteroatoms. The smallest absolute Gasteiger partial charge is 0.166 e. The highest BCUT2D eigenvalue weighted by Gasteiger charge is 2.59. The van der Waals surface area contributed by atoms with Gasteiger partial charge in [0, 0.05) is 29.8 Å². The van der Waals surface area contributed by atoms with Gasteiger partial charge < -0.3 is 0 Å². The van der Waals surface area contributed by atoms with E-state index >= 15 is 0 Å². The number of thiazole rings is 1. The maximum absolute atomic E-state index is 12.6. The van der Waals surface area contributed by atoms with Crippen molar-refractivity contribution in [2.75, 3.05) is 0 Å². The molecule has 0 saturated heterocycles. The number of fused-ring (bicyclic) bond motifs is 3. The highest BCUT2D eigenvalue weighted by Crippen LogP contribution is 2.64. The van der Waals surface area contributed by atoms with E-state index in [1.165, 1.54) is 5.57 Å². The molecule has 3 atom stereocenters. The Morgan fingerprint density at radius 2 is 1.96 bits per heavy atom. The summed E-state index contributed by atoms with van der Waals surface area (Å²) in [6.45, 7) is 6.46. The first-order valence-corrected chi connectivity index (χ1v) is 10.4. The van der Waals surface area contributed by atoms with Crippen LogP contribution in [0, 0.1) is 34.0 Å². The Hall–Kier alpha value is -1.73. The van der Waals surface area contributed by atoms with Crippen molar-refractivity contribution in [2.24, 2.45) is 22.2 Å². The topological polar surface area (TPSA) is 47.0 Å². The molecular weight excluding hydrogens is 342 g/mol. The van der Waals surface area contributed by atoms with E-state index in [0.717, 1.165) is 30.7 Å². The number of Topliss-reactive ketones (excluding diaryl/α,β-unsaturated/α-hetero) is 1. The standard InChI is InChI=1S/C22H25NO2S/c1-20(2)16-5-10-22(11-7-19-23-12-13-26-19)9-4-15(24)14-17(22)21(16,3)8-6-18(20)25/h12-14,16H,4-6,8-10H2,1-3H3/t16-,21-,22+/m0/s1. The number of carbonyl (C=O) groups is 2. The van der Waals surface area contributed by atoms with Gasteiger partial charge in [-0.2, -0.15) is 0 Å². The maximum atomic E-state index is 12.6. The van der Waals surface area contributed by atoms with Gasteiger partial charge in [-0.05, 0) is 54.6 Å². The summed E-state index contributed by atoms with van der Waals surface area (Å²) in [6.07, 6.45) is 8.39. The summed E-state index contributed by atoms with van der Waals surface area (Å²) >= 11 is 1.55. The maximum Gasteiger partial charge on any atom is 0.166 e. The van der Waals surface area contributed by atoms with Gasteiger partial charge in [-0.15, -0.1) is 11.3 Å². The minimum absolute atomic E-state index is 0.122. The summed E-state index contributed by atoms with van der Waals surface area (Å²) in [4.78, 5) is 29.2. The van der Waals surface area contributed by atoms with Gasteiger partial charge in [0.05, 0.1) is 5.41 Å². The molecule has 0 bridgehead atoms. The molecule has 2 fully saturated rings. The minimum Gasteiger partial charge on any atom is -0.299 e. The number of allylic oxidation sites excluding steroid dienone is 2. The molecule has 0 aliphatic heterocycles. The number of carbonyl (C=O) groups excluding carboxylic acids is 2. The summed E-state index contributed by atoms with van der Waals surface area (Å²) in [5.41, 5.74) is 0.510. The summed E-state index contributed by atoms with van der Waals surface area (Å²) in [6, 6.07) is 0. The van der Waals surface area contributed by atoms with E-state index in [0.29, 0.717) is 18.6 Å². The Balaban J connectivity index is 1.82. The molecule has 3 aliphatic carbocycles. The zero-order chi connectivity index (χ0) is 18.6. The highest BCUT2D eigenvalue weighted by atomic mass is 32.1. The molecule has 26 heavy (non-hydrogen) atoms. The van der Waals surface area contributed by atoms with Crippen LogP contribution >= 0.6 is 11.3 Å². The van der Waals surface area contributed by atoms with Crippen molar-refractivity contribution < 1.29 is 9.59 Å².